The monoisotopic (exact) mass is 443 g/mol. The van der Waals surface area contributed by atoms with Crippen LogP contribution in [-0.2, 0) is 16.6 Å². The molecule has 1 aromatic carbocycles. The molecule has 1 aromatic heterocycles. The van der Waals surface area contributed by atoms with Crippen LogP contribution in [0.2, 0.25) is 5.15 Å². The number of nitrogens with zero attached hydrogens (tertiary/aromatic N) is 2. The third kappa shape index (κ3) is 5.89. The van der Waals surface area contributed by atoms with Gasteiger partial charge in [0.1, 0.15) is 5.76 Å². The molecule has 1 saturated carbocycles. The van der Waals surface area contributed by atoms with Gasteiger partial charge in [0.05, 0.1) is 0 Å². The smallest absolute Gasteiger partial charge is 0.220 e. The molecule has 2 heterocycles. The molecule has 5 nitrogen and oxygen atoms in total. The molecule has 0 spiro atoms. The molecule has 2 aliphatic rings. The Hall–Kier alpha value is -1.85. The van der Waals surface area contributed by atoms with Gasteiger partial charge in [-0.3, -0.25) is 4.79 Å². The first-order chi connectivity index (χ1) is 15.0. The fraction of sp³-hybridized carbons (Fsp3) is 0.600. The van der Waals surface area contributed by atoms with Crippen LogP contribution >= 0.6 is 11.6 Å². The van der Waals surface area contributed by atoms with Crippen LogP contribution in [0.3, 0.4) is 0 Å². The number of benzene rings is 1. The van der Waals surface area contributed by atoms with E-state index < -0.39 is 0 Å². The van der Waals surface area contributed by atoms with Crippen LogP contribution in [0.15, 0.2) is 34.9 Å². The molecule has 0 atom stereocenters. The lowest BCUT2D eigenvalue weighted by molar-refractivity contribution is -0.122. The van der Waals surface area contributed by atoms with Crippen molar-refractivity contribution in [2.45, 2.75) is 76.2 Å². The van der Waals surface area contributed by atoms with Gasteiger partial charge in [-0.05, 0) is 38.2 Å². The van der Waals surface area contributed by atoms with E-state index in [-0.39, 0.29) is 11.9 Å². The van der Waals surface area contributed by atoms with Crippen LogP contribution in [0.25, 0.3) is 0 Å². The van der Waals surface area contributed by atoms with Gasteiger partial charge in [0.15, 0.2) is 5.15 Å². The predicted octanol–water partition coefficient (Wildman–Crippen LogP) is 5.05. The summed E-state index contributed by atoms with van der Waals surface area (Å²) in [6.07, 6.45) is 9.58. The van der Waals surface area contributed by atoms with E-state index in [1.165, 1.54) is 43.2 Å². The van der Waals surface area contributed by atoms with Crippen LogP contribution in [-0.4, -0.2) is 41.6 Å². The maximum atomic E-state index is 12.3. The first kappa shape index (κ1) is 22.3. The Labute approximate surface area is 190 Å². The Morgan fingerprint density at radius 1 is 1.19 bits per heavy atom. The third-order valence-corrected chi connectivity index (χ3v) is 7.26. The van der Waals surface area contributed by atoms with Gasteiger partial charge in [0, 0.05) is 50.0 Å². The Bertz CT molecular complexity index is 850. The molecule has 2 fully saturated rings. The number of amides is 1. The van der Waals surface area contributed by atoms with Gasteiger partial charge in [-0.2, -0.15) is 0 Å². The second kappa shape index (κ2) is 10.2. The summed E-state index contributed by atoms with van der Waals surface area (Å²) < 4.78 is 5.07. The molecule has 0 unspecified atom stereocenters. The fourth-order valence-electron chi connectivity index (χ4n) is 5.28. The Morgan fingerprint density at radius 2 is 1.90 bits per heavy atom. The minimum absolute atomic E-state index is 0.0781. The Balaban J connectivity index is 1.27. The number of aromatic nitrogens is 1. The van der Waals surface area contributed by atoms with E-state index in [1.54, 1.807) is 6.07 Å². The first-order valence-corrected chi connectivity index (χ1v) is 12.1. The van der Waals surface area contributed by atoms with Crippen LogP contribution in [0, 0.1) is 6.92 Å². The van der Waals surface area contributed by atoms with Crippen molar-refractivity contribution in [1.29, 1.82) is 0 Å². The number of hydrogen-bond acceptors (Lipinski definition) is 4. The van der Waals surface area contributed by atoms with Crippen LogP contribution < -0.4 is 5.32 Å². The minimum Gasteiger partial charge on any atom is -0.360 e. The van der Waals surface area contributed by atoms with Crippen molar-refractivity contribution in [3.63, 3.8) is 0 Å². The van der Waals surface area contributed by atoms with Gasteiger partial charge in [0.2, 0.25) is 5.91 Å². The highest BCUT2D eigenvalue weighted by Gasteiger charge is 2.36. The van der Waals surface area contributed by atoms with Gasteiger partial charge in [-0.15, -0.1) is 0 Å². The van der Waals surface area contributed by atoms with E-state index >= 15 is 0 Å². The summed E-state index contributed by atoms with van der Waals surface area (Å²) in [5.74, 6) is 0.734. The highest BCUT2D eigenvalue weighted by Crippen LogP contribution is 2.40. The lowest BCUT2D eigenvalue weighted by Crippen LogP contribution is -2.49. The summed E-state index contributed by atoms with van der Waals surface area (Å²) in [5.41, 5.74) is 3.14. The van der Waals surface area contributed by atoms with E-state index in [1.807, 2.05) is 0 Å². The number of halogens is 1. The van der Waals surface area contributed by atoms with Crippen LogP contribution in [0.4, 0.5) is 0 Å². The summed E-state index contributed by atoms with van der Waals surface area (Å²) in [5, 5.41) is 7.20. The van der Waals surface area contributed by atoms with Crippen molar-refractivity contribution in [2.24, 2.45) is 0 Å². The van der Waals surface area contributed by atoms with E-state index in [9.17, 15) is 4.79 Å². The summed E-state index contributed by atoms with van der Waals surface area (Å²) in [6.45, 7) is 5.41. The number of carbonyl (C=O) groups is 1. The zero-order chi connectivity index (χ0) is 21.7. The molecular formula is C25H34ClN3O2. The molecular weight excluding hydrogens is 410 g/mol. The maximum Gasteiger partial charge on any atom is 0.220 e. The molecule has 1 amide bonds. The topological polar surface area (TPSA) is 58.4 Å². The average molecular weight is 444 g/mol. The summed E-state index contributed by atoms with van der Waals surface area (Å²) in [4.78, 5) is 15.0. The van der Waals surface area contributed by atoms with Crippen molar-refractivity contribution in [1.82, 2.24) is 15.4 Å². The molecule has 1 aliphatic carbocycles. The molecule has 31 heavy (non-hydrogen) atoms. The highest BCUT2D eigenvalue weighted by molar-refractivity contribution is 6.29. The van der Waals surface area contributed by atoms with E-state index in [4.69, 9.17) is 16.1 Å². The molecule has 4 rings (SSSR count). The van der Waals surface area contributed by atoms with E-state index in [0.717, 1.165) is 32.5 Å². The van der Waals surface area contributed by atoms with Crippen molar-refractivity contribution >= 4 is 17.5 Å². The summed E-state index contributed by atoms with van der Waals surface area (Å²) >= 11 is 5.76. The predicted molar refractivity (Wildman–Crippen MR) is 123 cm³/mol. The molecule has 1 N–H and O–H groups in total. The van der Waals surface area contributed by atoms with Gasteiger partial charge in [-0.1, -0.05) is 65.8 Å². The lowest BCUT2D eigenvalue weighted by atomic mass is 9.69. The SMILES string of the molecule is Cc1ccc(C2(CN3CCC(NC(=O)CCc4cc(Cl)no4)CC3)CCCCC2)cc1. The van der Waals surface area contributed by atoms with E-state index in [2.05, 4.69) is 46.6 Å². The lowest BCUT2D eigenvalue weighted by Gasteiger charge is -2.44. The molecule has 1 aliphatic heterocycles. The Kier molecular flexibility index (Phi) is 7.34. The third-order valence-electron chi connectivity index (χ3n) is 7.08. The van der Waals surface area contributed by atoms with Crippen molar-refractivity contribution in [3.8, 4) is 0 Å². The second-order valence-electron chi connectivity index (χ2n) is 9.44. The van der Waals surface area contributed by atoms with Crippen molar-refractivity contribution in [2.75, 3.05) is 19.6 Å². The molecule has 0 radical (unpaired) electrons. The maximum absolute atomic E-state index is 12.3. The summed E-state index contributed by atoms with van der Waals surface area (Å²) in [7, 11) is 0. The molecule has 2 aromatic rings. The van der Waals surface area contributed by atoms with Crippen molar-refractivity contribution in [3.05, 3.63) is 52.4 Å². The molecule has 168 valence electrons. The number of nitrogens with one attached hydrogen (secondary N) is 1. The molecule has 0 bridgehead atoms. The normalized spacial score (nSPS) is 19.9. The second-order valence-corrected chi connectivity index (χ2v) is 9.83. The van der Waals surface area contributed by atoms with Crippen LogP contribution in [0.5, 0.6) is 0 Å². The van der Waals surface area contributed by atoms with Gasteiger partial charge in [-0.25, -0.2) is 0 Å². The quantitative estimate of drug-likeness (QED) is 0.650. The zero-order valence-electron chi connectivity index (χ0n) is 18.5. The standard InChI is InChI=1S/C25H34ClN3O2/c1-19-5-7-20(8-6-19)25(13-3-2-4-14-25)18-29-15-11-21(12-16-29)27-24(30)10-9-22-17-23(26)28-31-22/h5-8,17,21H,2-4,9-16,18H2,1H3,(H,27,30). The number of carbonyl (C=O) groups excluding carboxylic acids is 1. The van der Waals surface area contributed by atoms with Crippen LogP contribution in [0.1, 0.15) is 68.3 Å². The largest absolute Gasteiger partial charge is 0.360 e. The van der Waals surface area contributed by atoms with Gasteiger partial charge < -0.3 is 14.7 Å². The number of aryl methyl sites for hydroxylation is 2. The minimum atomic E-state index is 0.0781. The Morgan fingerprint density at radius 3 is 2.55 bits per heavy atom. The average Bonchev–Trinajstić information content (AvgIpc) is 3.20. The fourth-order valence-corrected chi connectivity index (χ4v) is 5.44. The number of rotatable bonds is 7. The number of hydrogen-bond donors (Lipinski definition) is 1. The highest BCUT2D eigenvalue weighted by atomic mass is 35.5. The van der Waals surface area contributed by atoms with Gasteiger partial charge >= 0.3 is 0 Å². The zero-order valence-corrected chi connectivity index (χ0v) is 19.3. The summed E-state index contributed by atoms with van der Waals surface area (Å²) in [6, 6.07) is 11.2. The van der Waals surface area contributed by atoms with Crippen molar-refractivity contribution < 1.29 is 9.32 Å². The first-order valence-electron chi connectivity index (χ1n) is 11.7. The number of likely N-dealkylation sites (tertiary alicyclic amines) is 1. The number of piperidine rings is 1. The van der Waals surface area contributed by atoms with Gasteiger partial charge in [0.25, 0.3) is 0 Å². The molecule has 1 saturated heterocycles. The molecule has 6 heteroatoms. The van der Waals surface area contributed by atoms with E-state index in [0.29, 0.717) is 29.2 Å².